The number of nitrogens with zero attached hydrogens (tertiary/aromatic N) is 3. The lowest BCUT2D eigenvalue weighted by Crippen LogP contribution is -2.37. The first kappa shape index (κ1) is 18.0. The highest BCUT2D eigenvalue weighted by Gasteiger charge is 2.37. The Bertz CT molecular complexity index is 650. The van der Waals surface area contributed by atoms with Gasteiger partial charge >= 0.3 is 0 Å². The normalized spacial score (nSPS) is 18.3. The van der Waals surface area contributed by atoms with Crippen LogP contribution in [0.4, 0.5) is 5.69 Å². The van der Waals surface area contributed by atoms with Crippen LogP contribution in [0.1, 0.15) is 45.1 Å². The number of hydrogen-bond donors (Lipinski definition) is 0. The number of amides is 2. The standard InChI is InChI=1S/C19H25N3O2/c1-4-14(3)16-8-6-7-9-17(16)22-13-15(12-18(22)23)19(24)21(5-2)11-10-20/h6-9,14-15H,4-5,11-13H2,1-3H3. The minimum atomic E-state index is -0.365. The van der Waals surface area contributed by atoms with Gasteiger partial charge in [-0.3, -0.25) is 9.59 Å². The van der Waals surface area contributed by atoms with Gasteiger partial charge in [-0.05, 0) is 30.9 Å². The monoisotopic (exact) mass is 327 g/mol. The summed E-state index contributed by atoms with van der Waals surface area (Å²) in [6.07, 6.45) is 1.21. The molecule has 2 atom stereocenters. The number of hydrogen-bond acceptors (Lipinski definition) is 3. The number of rotatable bonds is 6. The first-order valence-electron chi connectivity index (χ1n) is 8.58. The van der Waals surface area contributed by atoms with E-state index in [1.54, 1.807) is 4.90 Å². The first-order chi connectivity index (χ1) is 11.5. The SMILES string of the molecule is CCC(C)c1ccccc1N1CC(C(=O)N(CC)CC#N)CC1=O. The Morgan fingerprint density at radius 2 is 2.12 bits per heavy atom. The predicted octanol–water partition coefficient (Wildman–Crippen LogP) is 2.93. The van der Waals surface area contributed by atoms with Crippen molar-refractivity contribution in [3.05, 3.63) is 29.8 Å². The Morgan fingerprint density at radius 1 is 1.42 bits per heavy atom. The van der Waals surface area contributed by atoms with Crippen molar-refractivity contribution in [3.8, 4) is 6.07 Å². The van der Waals surface area contributed by atoms with E-state index in [1.165, 1.54) is 4.90 Å². The lowest BCUT2D eigenvalue weighted by atomic mass is 9.96. The van der Waals surface area contributed by atoms with Crippen molar-refractivity contribution in [3.63, 3.8) is 0 Å². The van der Waals surface area contributed by atoms with Gasteiger partial charge < -0.3 is 9.80 Å². The van der Waals surface area contributed by atoms with Gasteiger partial charge in [0, 0.05) is 25.2 Å². The van der Waals surface area contributed by atoms with Crippen LogP contribution in [0.25, 0.3) is 0 Å². The molecule has 0 bridgehead atoms. The fourth-order valence-electron chi connectivity index (χ4n) is 3.16. The number of para-hydroxylation sites is 1. The molecule has 0 saturated carbocycles. The van der Waals surface area contributed by atoms with E-state index in [0.29, 0.717) is 19.0 Å². The molecule has 0 N–H and O–H groups in total. The molecule has 0 spiro atoms. The molecule has 1 saturated heterocycles. The average molecular weight is 327 g/mol. The van der Waals surface area contributed by atoms with Crippen molar-refractivity contribution in [2.24, 2.45) is 5.92 Å². The zero-order valence-corrected chi connectivity index (χ0v) is 14.7. The van der Waals surface area contributed by atoms with E-state index in [-0.39, 0.29) is 30.7 Å². The highest BCUT2D eigenvalue weighted by atomic mass is 16.2. The van der Waals surface area contributed by atoms with Crippen molar-refractivity contribution in [1.82, 2.24) is 4.90 Å². The summed E-state index contributed by atoms with van der Waals surface area (Å²) < 4.78 is 0. The lowest BCUT2D eigenvalue weighted by Gasteiger charge is -2.24. The fraction of sp³-hybridized carbons (Fsp3) is 0.526. The molecule has 2 unspecified atom stereocenters. The molecule has 0 radical (unpaired) electrons. The smallest absolute Gasteiger partial charge is 0.228 e. The van der Waals surface area contributed by atoms with Crippen molar-refractivity contribution in [1.29, 1.82) is 5.26 Å². The number of anilines is 1. The van der Waals surface area contributed by atoms with E-state index < -0.39 is 0 Å². The summed E-state index contributed by atoms with van der Waals surface area (Å²) in [6.45, 7) is 7.08. The van der Waals surface area contributed by atoms with E-state index in [0.717, 1.165) is 17.7 Å². The molecule has 1 aliphatic rings. The molecule has 1 heterocycles. The molecule has 1 aliphatic heterocycles. The summed E-state index contributed by atoms with van der Waals surface area (Å²) in [4.78, 5) is 28.3. The zero-order valence-electron chi connectivity index (χ0n) is 14.7. The van der Waals surface area contributed by atoms with Crippen LogP contribution in [-0.4, -0.2) is 36.3 Å². The number of carbonyl (C=O) groups excluding carboxylic acids is 2. The molecule has 1 aromatic carbocycles. The summed E-state index contributed by atoms with van der Waals surface area (Å²) in [5, 5.41) is 8.84. The third-order valence-electron chi connectivity index (χ3n) is 4.80. The van der Waals surface area contributed by atoms with Crippen LogP contribution in [0.5, 0.6) is 0 Å². The Balaban J connectivity index is 2.22. The van der Waals surface area contributed by atoms with Gasteiger partial charge in [0.15, 0.2) is 0 Å². The number of nitriles is 1. The summed E-state index contributed by atoms with van der Waals surface area (Å²) in [5.41, 5.74) is 2.06. The molecule has 5 heteroatoms. The summed E-state index contributed by atoms with van der Waals surface area (Å²) in [6, 6.07) is 9.94. The van der Waals surface area contributed by atoms with Crippen LogP contribution < -0.4 is 4.90 Å². The second-order valence-electron chi connectivity index (χ2n) is 6.28. The molecule has 2 amide bonds. The van der Waals surface area contributed by atoms with Crippen molar-refractivity contribution >= 4 is 17.5 Å². The van der Waals surface area contributed by atoms with E-state index in [1.807, 2.05) is 31.2 Å². The summed E-state index contributed by atoms with van der Waals surface area (Å²) in [5.74, 6) is -0.127. The Kier molecular flexibility index (Phi) is 5.97. The molecule has 0 aliphatic carbocycles. The van der Waals surface area contributed by atoms with Gasteiger partial charge in [0.1, 0.15) is 6.54 Å². The average Bonchev–Trinajstić information content (AvgIpc) is 3.00. The Labute approximate surface area is 143 Å². The number of benzene rings is 1. The molecule has 24 heavy (non-hydrogen) atoms. The van der Waals surface area contributed by atoms with Gasteiger partial charge in [-0.1, -0.05) is 32.0 Å². The van der Waals surface area contributed by atoms with Crippen LogP contribution in [0.2, 0.25) is 0 Å². The van der Waals surface area contributed by atoms with Gasteiger partial charge in [-0.15, -0.1) is 0 Å². The minimum Gasteiger partial charge on any atom is -0.329 e. The molecular formula is C19H25N3O2. The van der Waals surface area contributed by atoms with E-state index in [9.17, 15) is 9.59 Å². The summed E-state index contributed by atoms with van der Waals surface area (Å²) in [7, 11) is 0. The minimum absolute atomic E-state index is 0.0166. The highest BCUT2D eigenvalue weighted by Crippen LogP contribution is 2.33. The maximum absolute atomic E-state index is 12.6. The van der Waals surface area contributed by atoms with E-state index in [4.69, 9.17) is 5.26 Å². The molecule has 2 rings (SSSR count). The van der Waals surface area contributed by atoms with E-state index >= 15 is 0 Å². The first-order valence-corrected chi connectivity index (χ1v) is 8.58. The second kappa shape index (κ2) is 7.96. The second-order valence-corrected chi connectivity index (χ2v) is 6.28. The third kappa shape index (κ3) is 3.59. The molecule has 1 fully saturated rings. The fourth-order valence-corrected chi connectivity index (χ4v) is 3.16. The van der Waals surface area contributed by atoms with E-state index in [2.05, 4.69) is 19.9 Å². The quantitative estimate of drug-likeness (QED) is 0.755. The predicted molar refractivity (Wildman–Crippen MR) is 93.5 cm³/mol. The van der Waals surface area contributed by atoms with Crippen LogP contribution in [0, 0.1) is 17.2 Å². The van der Waals surface area contributed by atoms with Crippen molar-refractivity contribution in [2.45, 2.75) is 39.5 Å². The Morgan fingerprint density at radius 3 is 2.75 bits per heavy atom. The lowest BCUT2D eigenvalue weighted by molar-refractivity contribution is -0.135. The molecule has 1 aromatic rings. The maximum atomic E-state index is 12.6. The van der Waals surface area contributed by atoms with Crippen LogP contribution >= 0.6 is 0 Å². The largest absolute Gasteiger partial charge is 0.329 e. The van der Waals surface area contributed by atoms with Gasteiger partial charge in [0.2, 0.25) is 11.8 Å². The third-order valence-corrected chi connectivity index (χ3v) is 4.80. The molecular weight excluding hydrogens is 302 g/mol. The van der Waals surface area contributed by atoms with Gasteiger partial charge in [-0.2, -0.15) is 5.26 Å². The van der Waals surface area contributed by atoms with Gasteiger partial charge in [0.25, 0.3) is 0 Å². The molecule has 128 valence electrons. The Hall–Kier alpha value is -2.35. The van der Waals surface area contributed by atoms with Crippen molar-refractivity contribution in [2.75, 3.05) is 24.5 Å². The summed E-state index contributed by atoms with van der Waals surface area (Å²) >= 11 is 0. The van der Waals surface area contributed by atoms with Crippen LogP contribution in [0.3, 0.4) is 0 Å². The zero-order chi connectivity index (χ0) is 17.7. The van der Waals surface area contributed by atoms with Crippen molar-refractivity contribution < 1.29 is 9.59 Å². The van der Waals surface area contributed by atoms with Crippen LogP contribution in [0.15, 0.2) is 24.3 Å². The van der Waals surface area contributed by atoms with Crippen LogP contribution in [-0.2, 0) is 9.59 Å². The highest BCUT2D eigenvalue weighted by molar-refractivity contribution is 6.00. The maximum Gasteiger partial charge on any atom is 0.228 e. The number of carbonyl (C=O) groups is 2. The molecule has 0 aromatic heterocycles. The molecule has 5 nitrogen and oxygen atoms in total. The topological polar surface area (TPSA) is 64.4 Å². The van der Waals surface area contributed by atoms with Gasteiger partial charge in [-0.25, -0.2) is 0 Å². The van der Waals surface area contributed by atoms with Gasteiger partial charge in [0.05, 0.1) is 12.0 Å².